The Balaban J connectivity index is 1.98. The summed E-state index contributed by atoms with van der Waals surface area (Å²) >= 11 is 0. The molecule has 21 heavy (non-hydrogen) atoms. The quantitative estimate of drug-likeness (QED) is 0.912. The molecule has 0 saturated heterocycles. The van der Waals surface area contributed by atoms with E-state index in [2.05, 4.69) is 17.4 Å². The molecule has 0 bridgehead atoms. The molecule has 2 nitrogen and oxygen atoms in total. The Bertz CT molecular complexity index is 615. The van der Waals surface area contributed by atoms with Gasteiger partial charge in [0, 0.05) is 24.1 Å². The Kier molecular flexibility index (Phi) is 3.88. The average Bonchev–Trinajstić information content (AvgIpc) is 2.48. The standard InChI is InChI=1S/C17H17F2NO/c1-11-15-13(8-5-9-14(15)21-17(18)19)10-20-16(11)12-6-3-2-4-7-12/h2-9,11,16-17,20H,10H2,1H3. The van der Waals surface area contributed by atoms with E-state index in [4.69, 9.17) is 4.74 Å². The molecular weight excluding hydrogens is 272 g/mol. The second kappa shape index (κ2) is 5.82. The van der Waals surface area contributed by atoms with Gasteiger partial charge in [0.05, 0.1) is 0 Å². The number of alkyl halides is 2. The van der Waals surface area contributed by atoms with E-state index in [0.717, 1.165) is 16.7 Å². The minimum atomic E-state index is -2.80. The number of rotatable bonds is 3. The molecule has 0 aliphatic carbocycles. The zero-order valence-corrected chi connectivity index (χ0v) is 11.7. The van der Waals surface area contributed by atoms with E-state index in [1.54, 1.807) is 12.1 Å². The van der Waals surface area contributed by atoms with Crippen molar-refractivity contribution >= 4 is 0 Å². The molecule has 0 amide bonds. The summed E-state index contributed by atoms with van der Waals surface area (Å²) in [6.07, 6.45) is 0. The molecule has 0 radical (unpaired) electrons. The monoisotopic (exact) mass is 289 g/mol. The third kappa shape index (κ3) is 2.76. The maximum Gasteiger partial charge on any atom is 0.387 e. The van der Waals surface area contributed by atoms with Crippen LogP contribution in [0.1, 0.15) is 35.6 Å². The van der Waals surface area contributed by atoms with Crippen molar-refractivity contribution in [2.45, 2.75) is 32.0 Å². The van der Waals surface area contributed by atoms with Gasteiger partial charge in [-0.05, 0) is 17.2 Å². The lowest BCUT2D eigenvalue weighted by atomic mass is 9.82. The first-order chi connectivity index (χ1) is 10.2. The van der Waals surface area contributed by atoms with Gasteiger partial charge in [0.2, 0.25) is 0 Å². The van der Waals surface area contributed by atoms with Gasteiger partial charge in [0.15, 0.2) is 0 Å². The molecule has 2 atom stereocenters. The predicted octanol–water partition coefficient (Wildman–Crippen LogP) is 4.24. The fourth-order valence-corrected chi connectivity index (χ4v) is 3.09. The first kappa shape index (κ1) is 14.0. The van der Waals surface area contributed by atoms with E-state index in [0.29, 0.717) is 6.54 Å². The fraction of sp³-hybridized carbons (Fsp3) is 0.294. The molecule has 2 aromatic carbocycles. The Hall–Kier alpha value is -1.94. The molecule has 1 heterocycles. The lowest BCUT2D eigenvalue weighted by molar-refractivity contribution is -0.0508. The number of halogens is 2. The Morgan fingerprint density at radius 1 is 1.10 bits per heavy atom. The largest absolute Gasteiger partial charge is 0.435 e. The fourth-order valence-electron chi connectivity index (χ4n) is 3.09. The molecular formula is C17H17F2NO. The summed E-state index contributed by atoms with van der Waals surface area (Å²) in [6.45, 7) is -0.102. The average molecular weight is 289 g/mol. The normalized spacial score (nSPS) is 21.1. The van der Waals surface area contributed by atoms with Crippen LogP contribution in [0.4, 0.5) is 8.78 Å². The minimum Gasteiger partial charge on any atom is -0.435 e. The summed E-state index contributed by atoms with van der Waals surface area (Å²) in [4.78, 5) is 0. The molecule has 110 valence electrons. The highest BCUT2D eigenvalue weighted by molar-refractivity contribution is 5.46. The van der Waals surface area contributed by atoms with Crippen LogP contribution < -0.4 is 10.1 Å². The van der Waals surface area contributed by atoms with E-state index in [1.807, 2.05) is 31.2 Å². The number of hydrogen-bond acceptors (Lipinski definition) is 2. The topological polar surface area (TPSA) is 21.3 Å². The van der Waals surface area contributed by atoms with E-state index >= 15 is 0 Å². The van der Waals surface area contributed by atoms with Crippen molar-refractivity contribution in [1.29, 1.82) is 0 Å². The van der Waals surface area contributed by atoms with Gasteiger partial charge < -0.3 is 10.1 Å². The van der Waals surface area contributed by atoms with Crippen molar-refractivity contribution in [3.05, 3.63) is 65.2 Å². The molecule has 1 N–H and O–H groups in total. The second-order valence-corrected chi connectivity index (χ2v) is 5.27. The van der Waals surface area contributed by atoms with E-state index in [-0.39, 0.29) is 17.7 Å². The lowest BCUT2D eigenvalue weighted by Gasteiger charge is -2.34. The molecule has 1 aliphatic heterocycles. The minimum absolute atomic E-state index is 0.0612. The Labute approximate surface area is 122 Å². The maximum atomic E-state index is 12.6. The Morgan fingerprint density at radius 2 is 1.86 bits per heavy atom. The smallest absolute Gasteiger partial charge is 0.387 e. The zero-order valence-electron chi connectivity index (χ0n) is 11.7. The van der Waals surface area contributed by atoms with Crippen LogP contribution in [0, 0.1) is 0 Å². The van der Waals surface area contributed by atoms with Crippen LogP contribution in [0.5, 0.6) is 5.75 Å². The number of ether oxygens (including phenoxy) is 1. The van der Waals surface area contributed by atoms with Crippen molar-refractivity contribution in [2.24, 2.45) is 0 Å². The van der Waals surface area contributed by atoms with Crippen LogP contribution in [0.25, 0.3) is 0 Å². The molecule has 2 unspecified atom stereocenters. The predicted molar refractivity (Wildman–Crippen MR) is 77.5 cm³/mol. The highest BCUT2D eigenvalue weighted by Crippen LogP contribution is 2.41. The van der Waals surface area contributed by atoms with Crippen molar-refractivity contribution in [3.8, 4) is 5.75 Å². The van der Waals surface area contributed by atoms with Crippen LogP contribution in [-0.4, -0.2) is 6.61 Å². The molecule has 0 aromatic heterocycles. The summed E-state index contributed by atoms with van der Waals surface area (Å²) in [5.74, 6) is 0.350. The van der Waals surface area contributed by atoms with Crippen LogP contribution in [0.2, 0.25) is 0 Å². The summed E-state index contributed by atoms with van der Waals surface area (Å²) < 4.78 is 29.9. The van der Waals surface area contributed by atoms with Crippen LogP contribution in [0.3, 0.4) is 0 Å². The highest BCUT2D eigenvalue weighted by atomic mass is 19.3. The summed E-state index contributed by atoms with van der Waals surface area (Å²) in [7, 11) is 0. The van der Waals surface area contributed by atoms with E-state index in [1.165, 1.54) is 0 Å². The van der Waals surface area contributed by atoms with Crippen LogP contribution in [0.15, 0.2) is 48.5 Å². The molecule has 4 heteroatoms. The van der Waals surface area contributed by atoms with Gasteiger partial charge in [-0.1, -0.05) is 49.4 Å². The summed E-state index contributed by atoms with van der Waals surface area (Å²) in [5, 5.41) is 3.48. The van der Waals surface area contributed by atoms with Gasteiger partial charge in [-0.3, -0.25) is 0 Å². The van der Waals surface area contributed by atoms with E-state index < -0.39 is 6.61 Å². The van der Waals surface area contributed by atoms with Gasteiger partial charge in [-0.2, -0.15) is 8.78 Å². The zero-order chi connectivity index (χ0) is 14.8. The summed E-state index contributed by atoms with van der Waals surface area (Å²) in [5.41, 5.74) is 3.06. The van der Waals surface area contributed by atoms with Crippen LogP contribution in [-0.2, 0) is 6.54 Å². The first-order valence-electron chi connectivity index (χ1n) is 7.01. The van der Waals surface area contributed by atoms with Crippen LogP contribution >= 0.6 is 0 Å². The highest BCUT2D eigenvalue weighted by Gasteiger charge is 2.30. The molecule has 0 spiro atoms. The molecule has 0 fully saturated rings. The molecule has 2 aromatic rings. The third-order valence-corrected chi connectivity index (χ3v) is 4.00. The van der Waals surface area contributed by atoms with Crippen molar-refractivity contribution in [1.82, 2.24) is 5.32 Å². The third-order valence-electron chi connectivity index (χ3n) is 4.00. The number of hydrogen-bond donors (Lipinski definition) is 1. The number of nitrogens with one attached hydrogen (secondary N) is 1. The van der Waals surface area contributed by atoms with E-state index in [9.17, 15) is 8.78 Å². The summed E-state index contributed by atoms with van der Waals surface area (Å²) in [6, 6.07) is 15.5. The van der Waals surface area contributed by atoms with Crippen molar-refractivity contribution in [3.63, 3.8) is 0 Å². The van der Waals surface area contributed by atoms with Gasteiger partial charge >= 0.3 is 6.61 Å². The van der Waals surface area contributed by atoms with Gasteiger partial charge in [-0.25, -0.2) is 0 Å². The van der Waals surface area contributed by atoms with Crippen molar-refractivity contribution < 1.29 is 13.5 Å². The SMILES string of the molecule is CC1c2c(cccc2OC(F)F)CNC1c1ccccc1. The number of fused-ring (bicyclic) bond motifs is 1. The van der Waals surface area contributed by atoms with Gasteiger partial charge in [0.1, 0.15) is 5.75 Å². The maximum absolute atomic E-state index is 12.6. The van der Waals surface area contributed by atoms with Gasteiger partial charge in [-0.15, -0.1) is 0 Å². The molecule has 3 rings (SSSR count). The number of benzene rings is 2. The first-order valence-corrected chi connectivity index (χ1v) is 7.01. The Morgan fingerprint density at radius 3 is 2.57 bits per heavy atom. The second-order valence-electron chi connectivity index (χ2n) is 5.27. The molecule has 0 saturated carbocycles. The lowest BCUT2D eigenvalue weighted by Crippen LogP contribution is -2.31. The van der Waals surface area contributed by atoms with Crippen molar-refractivity contribution in [2.75, 3.05) is 0 Å². The molecule has 1 aliphatic rings. The van der Waals surface area contributed by atoms with Gasteiger partial charge in [0.25, 0.3) is 0 Å².